The molecule has 3 aromatic heterocycles. The molecule has 1 fully saturated rings. The zero-order valence-electron chi connectivity index (χ0n) is 17.9. The number of amides is 1. The van der Waals surface area contributed by atoms with Crippen LogP contribution in [0.2, 0.25) is 0 Å². The zero-order chi connectivity index (χ0) is 22.1. The lowest BCUT2D eigenvalue weighted by atomic mass is 10.1. The van der Waals surface area contributed by atoms with E-state index in [1.54, 1.807) is 36.5 Å². The summed E-state index contributed by atoms with van der Waals surface area (Å²) in [6, 6.07) is 0. The number of dihydropyridines is 1. The van der Waals surface area contributed by atoms with Gasteiger partial charge in [0.25, 0.3) is 5.91 Å². The fraction of sp³-hybridized carbons (Fsp3) is 0.381. The van der Waals surface area contributed by atoms with Crippen molar-refractivity contribution >= 4 is 29.1 Å². The number of hydrogen-bond donors (Lipinski definition) is 2. The van der Waals surface area contributed by atoms with Crippen LogP contribution in [0.5, 0.6) is 5.88 Å². The van der Waals surface area contributed by atoms with Crippen molar-refractivity contribution in [3.8, 4) is 17.0 Å². The third-order valence-corrected chi connectivity index (χ3v) is 5.62. The summed E-state index contributed by atoms with van der Waals surface area (Å²) in [5.74, 6) is 0.508. The zero-order valence-corrected chi connectivity index (χ0v) is 17.9. The quantitative estimate of drug-likeness (QED) is 0.619. The molecule has 0 spiro atoms. The molecule has 1 unspecified atom stereocenters. The number of ether oxygens (including phenoxy) is 2. The van der Waals surface area contributed by atoms with Gasteiger partial charge in [0, 0.05) is 61.9 Å². The van der Waals surface area contributed by atoms with Crippen molar-refractivity contribution in [2.75, 3.05) is 38.7 Å². The first kappa shape index (κ1) is 20.3. The number of methoxy groups -OCH3 is 1. The van der Waals surface area contributed by atoms with Crippen LogP contribution < -0.4 is 10.1 Å². The summed E-state index contributed by atoms with van der Waals surface area (Å²) < 4.78 is 12.5. The van der Waals surface area contributed by atoms with E-state index in [0.717, 1.165) is 24.2 Å². The number of nitrogens with zero attached hydrogens (tertiary/aromatic N) is 6. The smallest absolute Gasteiger partial charge is 0.254 e. The van der Waals surface area contributed by atoms with Crippen molar-refractivity contribution in [3.05, 3.63) is 30.2 Å². The number of rotatable bonds is 5. The van der Waals surface area contributed by atoms with E-state index in [1.807, 2.05) is 13.2 Å². The number of pyridine rings is 1. The van der Waals surface area contributed by atoms with E-state index >= 15 is 0 Å². The van der Waals surface area contributed by atoms with Crippen molar-refractivity contribution in [2.45, 2.75) is 12.6 Å². The predicted molar refractivity (Wildman–Crippen MR) is 119 cm³/mol. The SMILES string of the molecule is COc1ncc(-c2cnn(C)c2)c2nc(NC(=O)C3=CC=NC(N4CCOCC4)C3)[nH]c12. The first-order valence-electron chi connectivity index (χ1n) is 10.4. The third kappa shape index (κ3) is 3.87. The van der Waals surface area contributed by atoms with E-state index in [0.29, 0.717) is 48.1 Å². The van der Waals surface area contributed by atoms with Crippen LogP contribution in [0.1, 0.15) is 6.42 Å². The third-order valence-electron chi connectivity index (χ3n) is 5.62. The highest BCUT2D eigenvalue weighted by Gasteiger charge is 2.26. The van der Waals surface area contributed by atoms with Gasteiger partial charge in [-0.1, -0.05) is 0 Å². The molecule has 2 aliphatic rings. The largest absolute Gasteiger partial charge is 0.479 e. The Morgan fingerprint density at radius 2 is 2.16 bits per heavy atom. The molecule has 0 bridgehead atoms. The van der Waals surface area contributed by atoms with Gasteiger partial charge in [-0.2, -0.15) is 5.10 Å². The van der Waals surface area contributed by atoms with Crippen LogP contribution in [0, 0.1) is 0 Å². The lowest BCUT2D eigenvalue weighted by molar-refractivity contribution is -0.113. The average Bonchev–Trinajstić information content (AvgIpc) is 3.45. The Morgan fingerprint density at radius 1 is 1.31 bits per heavy atom. The summed E-state index contributed by atoms with van der Waals surface area (Å²) in [6.07, 6.45) is 9.25. The standard InChI is InChI=1S/C21H24N8O3/c1-28-12-14(10-24-28)15-11-23-20(31-2)18-17(15)25-21(26-18)27-19(30)13-3-4-22-16(9-13)29-5-7-32-8-6-29/h3-4,10-12,16H,5-9H2,1-2H3,(H2,25,26,27,30). The van der Waals surface area contributed by atoms with Gasteiger partial charge in [-0.05, 0) is 6.08 Å². The maximum absolute atomic E-state index is 13.0. The van der Waals surface area contributed by atoms with Crippen LogP contribution in [-0.4, -0.2) is 81.3 Å². The highest BCUT2D eigenvalue weighted by atomic mass is 16.5. The Bertz CT molecular complexity index is 1210. The number of imidazole rings is 1. The molecule has 2 N–H and O–H groups in total. The van der Waals surface area contributed by atoms with Crippen LogP contribution in [0.4, 0.5) is 5.95 Å². The van der Waals surface area contributed by atoms with Crippen LogP contribution >= 0.6 is 0 Å². The Kier molecular flexibility index (Phi) is 5.41. The minimum Gasteiger partial charge on any atom is -0.479 e. The number of aliphatic imine (C=N–C) groups is 1. The molecule has 166 valence electrons. The van der Waals surface area contributed by atoms with Gasteiger partial charge in [0.1, 0.15) is 17.2 Å². The van der Waals surface area contributed by atoms with E-state index in [1.165, 1.54) is 0 Å². The van der Waals surface area contributed by atoms with Gasteiger partial charge in [-0.15, -0.1) is 0 Å². The second-order valence-electron chi connectivity index (χ2n) is 7.67. The molecule has 5 rings (SSSR count). The fourth-order valence-corrected chi connectivity index (χ4v) is 3.96. The molecule has 1 amide bonds. The molecule has 1 atom stereocenters. The molecule has 11 heteroatoms. The number of hydrogen-bond acceptors (Lipinski definition) is 8. The second-order valence-corrected chi connectivity index (χ2v) is 7.67. The van der Waals surface area contributed by atoms with Crippen molar-refractivity contribution in [3.63, 3.8) is 0 Å². The summed E-state index contributed by atoms with van der Waals surface area (Å²) in [7, 11) is 3.39. The maximum atomic E-state index is 13.0. The highest BCUT2D eigenvalue weighted by molar-refractivity contribution is 6.06. The molecular weight excluding hydrogens is 412 g/mol. The number of nitrogens with one attached hydrogen (secondary N) is 2. The second kappa shape index (κ2) is 8.52. The topological polar surface area (TPSA) is 123 Å². The summed E-state index contributed by atoms with van der Waals surface area (Å²) in [6.45, 7) is 2.99. The Hall–Kier alpha value is -3.57. The maximum Gasteiger partial charge on any atom is 0.254 e. The van der Waals surface area contributed by atoms with E-state index < -0.39 is 0 Å². The van der Waals surface area contributed by atoms with Gasteiger partial charge in [0.2, 0.25) is 11.8 Å². The lowest BCUT2D eigenvalue weighted by Crippen LogP contribution is -2.44. The number of fused-ring (bicyclic) bond motifs is 1. The van der Waals surface area contributed by atoms with Crippen molar-refractivity contribution in [2.24, 2.45) is 12.0 Å². The molecule has 0 aromatic carbocycles. The van der Waals surface area contributed by atoms with E-state index in [2.05, 4.69) is 35.3 Å². The number of morpholine rings is 1. The molecule has 0 saturated carbocycles. The highest BCUT2D eigenvalue weighted by Crippen LogP contribution is 2.32. The summed E-state index contributed by atoms with van der Waals surface area (Å²) in [4.78, 5) is 31.9. The monoisotopic (exact) mass is 436 g/mol. The van der Waals surface area contributed by atoms with Gasteiger partial charge in [0.05, 0.1) is 26.5 Å². The summed E-state index contributed by atoms with van der Waals surface area (Å²) in [5.41, 5.74) is 3.56. The number of carbonyl (C=O) groups excluding carboxylic acids is 1. The number of aromatic amines is 1. The Balaban J connectivity index is 1.38. The van der Waals surface area contributed by atoms with Crippen LogP contribution in [0.25, 0.3) is 22.2 Å². The van der Waals surface area contributed by atoms with Crippen LogP contribution in [0.3, 0.4) is 0 Å². The molecule has 32 heavy (non-hydrogen) atoms. The Labute approximate surface area is 184 Å². The first-order chi connectivity index (χ1) is 15.6. The number of anilines is 1. The number of aromatic nitrogens is 5. The van der Waals surface area contributed by atoms with E-state index in [-0.39, 0.29) is 12.1 Å². The number of H-pyrrole nitrogens is 1. The molecule has 1 saturated heterocycles. The summed E-state index contributed by atoms with van der Waals surface area (Å²) in [5, 5.41) is 7.10. The van der Waals surface area contributed by atoms with E-state index in [4.69, 9.17) is 9.47 Å². The minimum absolute atomic E-state index is 0.0539. The average molecular weight is 436 g/mol. The number of carbonyl (C=O) groups is 1. The lowest BCUT2D eigenvalue weighted by Gasteiger charge is -2.33. The predicted octanol–water partition coefficient (Wildman–Crippen LogP) is 1.36. The van der Waals surface area contributed by atoms with Crippen molar-refractivity contribution in [1.82, 2.24) is 29.6 Å². The molecule has 2 aliphatic heterocycles. The van der Waals surface area contributed by atoms with Crippen molar-refractivity contribution in [1.29, 1.82) is 0 Å². The van der Waals surface area contributed by atoms with Crippen LogP contribution in [-0.2, 0) is 16.6 Å². The minimum atomic E-state index is -0.219. The van der Waals surface area contributed by atoms with Gasteiger partial charge < -0.3 is 14.5 Å². The molecule has 0 aliphatic carbocycles. The first-order valence-corrected chi connectivity index (χ1v) is 10.4. The van der Waals surface area contributed by atoms with Crippen LogP contribution in [0.15, 0.2) is 35.2 Å². The fourth-order valence-electron chi connectivity index (χ4n) is 3.96. The van der Waals surface area contributed by atoms with E-state index in [9.17, 15) is 4.79 Å². The van der Waals surface area contributed by atoms with Gasteiger partial charge in [0.15, 0.2) is 0 Å². The van der Waals surface area contributed by atoms with Crippen molar-refractivity contribution < 1.29 is 14.3 Å². The number of allylic oxidation sites excluding steroid dienone is 1. The van der Waals surface area contributed by atoms with Gasteiger partial charge in [-0.3, -0.25) is 24.7 Å². The summed E-state index contributed by atoms with van der Waals surface area (Å²) >= 11 is 0. The van der Waals surface area contributed by atoms with Gasteiger partial charge in [-0.25, -0.2) is 9.97 Å². The molecule has 3 aromatic rings. The molecular formula is C21H24N8O3. The molecule has 0 radical (unpaired) electrons. The molecule has 11 nitrogen and oxygen atoms in total. The molecule has 5 heterocycles. The normalized spacial score (nSPS) is 19.2. The number of aryl methyl sites for hydroxylation is 1. The Morgan fingerprint density at radius 3 is 2.91 bits per heavy atom. The van der Waals surface area contributed by atoms with Gasteiger partial charge >= 0.3 is 0 Å².